The summed E-state index contributed by atoms with van der Waals surface area (Å²) < 4.78 is 10.3. The topological polar surface area (TPSA) is 79.8 Å². The number of hydrogen-bond acceptors (Lipinski definition) is 5. The summed E-state index contributed by atoms with van der Waals surface area (Å²) in [5.74, 6) is 0.787. The average Bonchev–Trinajstić information content (AvgIpc) is 2.78. The van der Waals surface area contributed by atoms with E-state index >= 15 is 0 Å². The molecule has 0 aromatic carbocycles. The molecule has 1 saturated heterocycles. The fourth-order valence-corrected chi connectivity index (χ4v) is 2.28. The second kappa shape index (κ2) is 9.23. The van der Waals surface area contributed by atoms with E-state index in [0.717, 1.165) is 12.8 Å². The van der Waals surface area contributed by atoms with Crippen LogP contribution in [0.3, 0.4) is 0 Å². The first kappa shape index (κ1) is 18.2. The highest BCUT2D eigenvalue weighted by atomic mass is 16.6. The molecule has 124 valence electrons. The Morgan fingerprint density at radius 3 is 2.57 bits per heavy atom. The SMILES string of the molecule is CC(C)COC(=O)N[C@@H](CN[C@H]1CCOC1O)CC(C)C. The largest absolute Gasteiger partial charge is 0.449 e. The minimum absolute atomic E-state index is 0.0162. The zero-order chi connectivity index (χ0) is 15.8. The van der Waals surface area contributed by atoms with Gasteiger partial charge in [0.2, 0.25) is 0 Å². The Morgan fingerprint density at radius 1 is 1.33 bits per heavy atom. The van der Waals surface area contributed by atoms with Gasteiger partial charge in [0.15, 0.2) is 6.29 Å². The zero-order valence-electron chi connectivity index (χ0n) is 13.6. The van der Waals surface area contributed by atoms with Crippen molar-refractivity contribution in [1.29, 1.82) is 0 Å². The summed E-state index contributed by atoms with van der Waals surface area (Å²) in [6.07, 6.45) is 0.512. The molecule has 1 aliphatic rings. The van der Waals surface area contributed by atoms with Gasteiger partial charge in [0.05, 0.1) is 19.3 Å². The maximum absolute atomic E-state index is 11.8. The van der Waals surface area contributed by atoms with Crippen molar-refractivity contribution in [1.82, 2.24) is 10.6 Å². The van der Waals surface area contributed by atoms with E-state index in [1.165, 1.54) is 0 Å². The number of nitrogens with one attached hydrogen (secondary N) is 2. The van der Waals surface area contributed by atoms with Crippen molar-refractivity contribution in [2.75, 3.05) is 19.8 Å². The van der Waals surface area contributed by atoms with Crippen molar-refractivity contribution in [3.8, 4) is 0 Å². The number of rotatable bonds is 8. The monoisotopic (exact) mass is 302 g/mol. The third-order valence-corrected chi connectivity index (χ3v) is 3.31. The van der Waals surface area contributed by atoms with Gasteiger partial charge in [-0.3, -0.25) is 0 Å². The van der Waals surface area contributed by atoms with Crippen LogP contribution in [0.4, 0.5) is 4.79 Å². The number of alkyl carbamates (subject to hydrolysis) is 1. The maximum Gasteiger partial charge on any atom is 0.407 e. The molecule has 0 aromatic heterocycles. The lowest BCUT2D eigenvalue weighted by atomic mass is 10.0. The second-order valence-electron chi connectivity index (χ2n) is 6.53. The van der Waals surface area contributed by atoms with Crippen molar-refractivity contribution < 1.29 is 19.4 Å². The van der Waals surface area contributed by atoms with Gasteiger partial charge in [0.1, 0.15) is 0 Å². The van der Waals surface area contributed by atoms with Crippen LogP contribution in [-0.4, -0.2) is 49.3 Å². The molecule has 1 unspecified atom stereocenters. The highest BCUT2D eigenvalue weighted by Crippen LogP contribution is 2.11. The van der Waals surface area contributed by atoms with E-state index < -0.39 is 6.29 Å². The first-order valence-electron chi connectivity index (χ1n) is 7.84. The minimum Gasteiger partial charge on any atom is -0.449 e. The number of aliphatic hydroxyl groups excluding tert-OH is 1. The summed E-state index contributed by atoms with van der Waals surface area (Å²) in [5, 5.41) is 15.8. The van der Waals surface area contributed by atoms with Crippen molar-refractivity contribution in [3.63, 3.8) is 0 Å². The molecule has 6 heteroatoms. The molecule has 0 aliphatic carbocycles. The van der Waals surface area contributed by atoms with Crippen molar-refractivity contribution in [2.45, 2.75) is 58.9 Å². The first-order chi connectivity index (χ1) is 9.88. The van der Waals surface area contributed by atoms with Crippen molar-refractivity contribution in [2.24, 2.45) is 11.8 Å². The van der Waals surface area contributed by atoms with Crippen LogP contribution in [-0.2, 0) is 9.47 Å². The Labute approximate surface area is 127 Å². The lowest BCUT2D eigenvalue weighted by molar-refractivity contribution is -0.0718. The van der Waals surface area contributed by atoms with Crippen LogP contribution in [0.25, 0.3) is 0 Å². The number of hydrogen-bond donors (Lipinski definition) is 3. The minimum atomic E-state index is -0.752. The van der Waals surface area contributed by atoms with Gasteiger partial charge in [-0.1, -0.05) is 27.7 Å². The van der Waals surface area contributed by atoms with Crippen LogP contribution in [0.15, 0.2) is 0 Å². The van der Waals surface area contributed by atoms with Crippen molar-refractivity contribution >= 4 is 6.09 Å². The number of ether oxygens (including phenoxy) is 2. The van der Waals surface area contributed by atoms with Crippen LogP contribution in [0, 0.1) is 11.8 Å². The lowest BCUT2D eigenvalue weighted by Gasteiger charge is -2.24. The fraction of sp³-hybridized carbons (Fsp3) is 0.933. The van der Waals surface area contributed by atoms with Crippen LogP contribution in [0.5, 0.6) is 0 Å². The molecule has 1 fully saturated rings. The first-order valence-corrected chi connectivity index (χ1v) is 7.84. The number of carbonyl (C=O) groups excluding carboxylic acids is 1. The summed E-state index contributed by atoms with van der Waals surface area (Å²) in [6, 6.07) is -0.0781. The number of aliphatic hydroxyl groups is 1. The Morgan fingerprint density at radius 2 is 2.05 bits per heavy atom. The standard InChI is InChI=1S/C15H30N2O4/c1-10(2)7-12(17-15(19)21-9-11(3)4)8-16-13-5-6-20-14(13)18/h10-14,16,18H,5-9H2,1-4H3,(H,17,19)/t12-,13+,14?/m1/s1. The van der Waals surface area contributed by atoms with Crippen LogP contribution in [0.2, 0.25) is 0 Å². The third-order valence-electron chi connectivity index (χ3n) is 3.31. The van der Waals surface area contributed by atoms with E-state index in [0.29, 0.717) is 31.6 Å². The van der Waals surface area contributed by atoms with E-state index in [9.17, 15) is 9.90 Å². The quantitative estimate of drug-likeness (QED) is 0.633. The van der Waals surface area contributed by atoms with Crippen LogP contribution in [0.1, 0.15) is 40.5 Å². The summed E-state index contributed by atoms with van der Waals surface area (Å²) in [7, 11) is 0. The summed E-state index contributed by atoms with van der Waals surface area (Å²) in [4.78, 5) is 11.8. The van der Waals surface area contributed by atoms with Gasteiger partial charge < -0.3 is 25.2 Å². The lowest BCUT2D eigenvalue weighted by Crippen LogP contribution is -2.47. The summed E-state index contributed by atoms with van der Waals surface area (Å²) in [6.45, 7) is 9.81. The van der Waals surface area contributed by atoms with Gasteiger partial charge in [-0.25, -0.2) is 4.79 Å². The Kier molecular flexibility index (Phi) is 8.00. The van der Waals surface area contributed by atoms with E-state index in [-0.39, 0.29) is 18.2 Å². The highest BCUT2D eigenvalue weighted by molar-refractivity contribution is 5.67. The van der Waals surface area contributed by atoms with E-state index in [4.69, 9.17) is 9.47 Å². The molecule has 1 amide bonds. The molecule has 0 spiro atoms. The highest BCUT2D eigenvalue weighted by Gasteiger charge is 2.26. The molecule has 0 aromatic rings. The summed E-state index contributed by atoms with van der Waals surface area (Å²) in [5.41, 5.74) is 0. The molecule has 0 saturated carbocycles. The molecule has 3 atom stereocenters. The number of amides is 1. The van der Waals surface area contributed by atoms with Gasteiger partial charge in [-0.2, -0.15) is 0 Å². The molecular weight excluding hydrogens is 272 g/mol. The van der Waals surface area contributed by atoms with E-state index in [2.05, 4.69) is 24.5 Å². The third kappa shape index (κ3) is 7.64. The molecule has 1 rings (SSSR count). The Hall–Kier alpha value is -0.850. The fourth-order valence-electron chi connectivity index (χ4n) is 2.28. The molecule has 21 heavy (non-hydrogen) atoms. The molecule has 1 aliphatic heterocycles. The predicted octanol–water partition coefficient (Wildman–Crippen LogP) is 1.48. The molecule has 0 radical (unpaired) electrons. The van der Waals surface area contributed by atoms with Gasteiger partial charge >= 0.3 is 6.09 Å². The average molecular weight is 302 g/mol. The van der Waals surface area contributed by atoms with Crippen LogP contribution >= 0.6 is 0 Å². The van der Waals surface area contributed by atoms with Gasteiger partial charge in [0, 0.05) is 12.6 Å². The molecule has 3 N–H and O–H groups in total. The number of carbonyl (C=O) groups is 1. The smallest absolute Gasteiger partial charge is 0.407 e. The second-order valence-corrected chi connectivity index (χ2v) is 6.53. The van der Waals surface area contributed by atoms with E-state index in [1.54, 1.807) is 0 Å². The van der Waals surface area contributed by atoms with Crippen LogP contribution < -0.4 is 10.6 Å². The Bertz CT molecular complexity index is 310. The maximum atomic E-state index is 11.8. The molecule has 6 nitrogen and oxygen atoms in total. The molecule has 0 bridgehead atoms. The van der Waals surface area contributed by atoms with Crippen molar-refractivity contribution in [3.05, 3.63) is 0 Å². The summed E-state index contributed by atoms with van der Waals surface area (Å²) >= 11 is 0. The normalized spacial score (nSPS) is 23.6. The van der Waals surface area contributed by atoms with Gasteiger partial charge in [-0.15, -0.1) is 0 Å². The predicted molar refractivity (Wildman–Crippen MR) is 80.9 cm³/mol. The van der Waals surface area contributed by atoms with Gasteiger partial charge in [-0.05, 0) is 24.7 Å². The van der Waals surface area contributed by atoms with Gasteiger partial charge in [0.25, 0.3) is 0 Å². The zero-order valence-corrected chi connectivity index (χ0v) is 13.6. The Balaban J connectivity index is 2.37. The molecule has 1 heterocycles. The molecular formula is C15H30N2O4. The van der Waals surface area contributed by atoms with E-state index in [1.807, 2.05) is 13.8 Å².